The molecule has 0 amide bonds. The fourth-order valence-electron chi connectivity index (χ4n) is 4.89. The van der Waals surface area contributed by atoms with Gasteiger partial charge in [0.1, 0.15) is 6.54 Å². The van der Waals surface area contributed by atoms with E-state index >= 15 is 0 Å². The highest BCUT2D eigenvalue weighted by Gasteiger charge is 2.27. The Morgan fingerprint density at radius 3 is 2.82 bits per heavy atom. The van der Waals surface area contributed by atoms with Crippen molar-refractivity contribution < 1.29 is 9.53 Å². The number of imidazole rings is 1. The van der Waals surface area contributed by atoms with Gasteiger partial charge in [0.15, 0.2) is 11.2 Å². The highest BCUT2D eigenvalue weighted by atomic mass is 16.5. The number of anilines is 1. The standard InChI is InChI=1S/C27H29N7O4/c1-3-4-13-32-23-24(30-26(32)31-12-6-8-20(28)16-31)33(17-22(35)38-2)27(37)34(25(23)36)15-18-9-10-19-7-5-11-29-21(19)14-18/h5,7,9-11,14,20H,6,8,12-13,15-17,28H2,1-2H3. The van der Waals surface area contributed by atoms with E-state index < -0.39 is 17.2 Å². The van der Waals surface area contributed by atoms with Gasteiger partial charge in [-0.1, -0.05) is 24.1 Å². The number of benzene rings is 1. The van der Waals surface area contributed by atoms with Gasteiger partial charge in [0, 0.05) is 30.7 Å². The van der Waals surface area contributed by atoms with Gasteiger partial charge in [-0.25, -0.2) is 4.79 Å². The molecule has 0 radical (unpaired) electrons. The maximum atomic E-state index is 13.9. The first-order valence-corrected chi connectivity index (χ1v) is 12.5. The summed E-state index contributed by atoms with van der Waals surface area (Å²) in [5.41, 5.74) is 6.86. The Morgan fingerprint density at radius 1 is 1.21 bits per heavy atom. The summed E-state index contributed by atoms with van der Waals surface area (Å²) >= 11 is 0. The Labute approximate surface area is 218 Å². The summed E-state index contributed by atoms with van der Waals surface area (Å²) in [5, 5.41) is 0.947. The van der Waals surface area contributed by atoms with Gasteiger partial charge in [0.05, 0.1) is 25.7 Å². The first kappa shape index (κ1) is 25.2. The van der Waals surface area contributed by atoms with E-state index in [1.165, 1.54) is 11.7 Å². The van der Waals surface area contributed by atoms with Crippen molar-refractivity contribution in [3.8, 4) is 11.8 Å². The molecule has 2 N–H and O–H groups in total. The molecule has 196 valence electrons. The van der Waals surface area contributed by atoms with Gasteiger partial charge in [-0.3, -0.25) is 28.3 Å². The molecular weight excluding hydrogens is 486 g/mol. The third-order valence-electron chi connectivity index (χ3n) is 6.77. The van der Waals surface area contributed by atoms with Crippen molar-refractivity contribution in [1.82, 2.24) is 23.7 Å². The summed E-state index contributed by atoms with van der Waals surface area (Å²) in [7, 11) is 1.25. The molecule has 4 aromatic rings. The highest BCUT2D eigenvalue weighted by Crippen LogP contribution is 2.23. The summed E-state index contributed by atoms with van der Waals surface area (Å²) in [4.78, 5) is 51.0. The van der Waals surface area contributed by atoms with Crippen LogP contribution < -0.4 is 21.9 Å². The zero-order chi connectivity index (χ0) is 26.8. The van der Waals surface area contributed by atoms with Gasteiger partial charge in [-0.15, -0.1) is 5.92 Å². The van der Waals surface area contributed by atoms with Crippen LogP contribution in [0.2, 0.25) is 0 Å². The summed E-state index contributed by atoms with van der Waals surface area (Å²) in [6, 6.07) is 9.34. The molecule has 1 atom stereocenters. The Hall–Kier alpha value is -4.43. The number of hydrogen-bond acceptors (Lipinski definition) is 8. The maximum absolute atomic E-state index is 13.9. The molecule has 1 aliphatic heterocycles. The first-order chi connectivity index (χ1) is 18.4. The quantitative estimate of drug-likeness (QED) is 0.298. The fourth-order valence-corrected chi connectivity index (χ4v) is 4.89. The number of rotatable bonds is 6. The van der Waals surface area contributed by atoms with Crippen molar-refractivity contribution in [2.24, 2.45) is 5.73 Å². The predicted molar refractivity (Wildman–Crippen MR) is 144 cm³/mol. The minimum atomic E-state index is -0.651. The summed E-state index contributed by atoms with van der Waals surface area (Å²) in [6.45, 7) is 2.78. The predicted octanol–water partition coefficient (Wildman–Crippen LogP) is 1.08. The molecule has 11 heteroatoms. The molecule has 5 rings (SSSR count). The maximum Gasteiger partial charge on any atom is 0.333 e. The largest absolute Gasteiger partial charge is 0.468 e. The van der Waals surface area contributed by atoms with Crippen molar-refractivity contribution in [2.45, 2.75) is 45.4 Å². The molecule has 1 fully saturated rings. The van der Waals surface area contributed by atoms with Crippen LogP contribution in [0.15, 0.2) is 46.1 Å². The van der Waals surface area contributed by atoms with Gasteiger partial charge in [0.2, 0.25) is 5.95 Å². The lowest BCUT2D eigenvalue weighted by atomic mass is 10.1. The lowest BCUT2D eigenvalue weighted by Gasteiger charge is -2.31. The number of fused-ring (bicyclic) bond motifs is 2. The van der Waals surface area contributed by atoms with Gasteiger partial charge < -0.3 is 15.4 Å². The monoisotopic (exact) mass is 515 g/mol. The summed E-state index contributed by atoms with van der Waals surface area (Å²) < 4.78 is 8.89. The molecule has 1 aliphatic rings. The van der Waals surface area contributed by atoms with Gasteiger partial charge in [0.25, 0.3) is 5.56 Å². The van der Waals surface area contributed by atoms with Crippen molar-refractivity contribution in [2.75, 3.05) is 25.1 Å². The normalized spacial score (nSPS) is 15.4. The zero-order valence-electron chi connectivity index (χ0n) is 21.4. The van der Waals surface area contributed by atoms with Crippen LogP contribution in [-0.2, 0) is 29.2 Å². The molecule has 1 unspecified atom stereocenters. The second kappa shape index (κ2) is 10.5. The van der Waals surface area contributed by atoms with E-state index in [1.54, 1.807) is 17.7 Å². The number of piperidine rings is 1. The van der Waals surface area contributed by atoms with Crippen LogP contribution in [0.3, 0.4) is 0 Å². The SMILES string of the molecule is CC#CCn1c(N2CCCC(N)C2)nc2c1c(=O)n(Cc1ccc3cccnc3c1)c(=O)n2CC(=O)OC. The third-order valence-corrected chi connectivity index (χ3v) is 6.77. The van der Waals surface area contributed by atoms with Crippen LogP contribution >= 0.6 is 0 Å². The number of carbonyl (C=O) groups excluding carboxylic acids is 1. The number of nitrogens with zero attached hydrogens (tertiary/aromatic N) is 6. The number of carbonyl (C=O) groups is 1. The second-order valence-corrected chi connectivity index (χ2v) is 9.31. The molecule has 0 spiro atoms. The van der Waals surface area contributed by atoms with E-state index in [1.807, 2.05) is 35.2 Å². The molecule has 11 nitrogen and oxygen atoms in total. The third kappa shape index (κ3) is 4.66. The lowest BCUT2D eigenvalue weighted by Crippen LogP contribution is -2.44. The van der Waals surface area contributed by atoms with E-state index in [0.717, 1.165) is 33.9 Å². The number of hydrogen-bond donors (Lipinski definition) is 1. The van der Waals surface area contributed by atoms with Crippen LogP contribution in [0.5, 0.6) is 0 Å². The number of methoxy groups -OCH3 is 1. The van der Waals surface area contributed by atoms with Crippen molar-refractivity contribution in [1.29, 1.82) is 0 Å². The van der Waals surface area contributed by atoms with Crippen molar-refractivity contribution in [3.05, 3.63) is 62.9 Å². The van der Waals surface area contributed by atoms with Crippen molar-refractivity contribution >= 4 is 34.0 Å². The Kier molecular flexibility index (Phi) is 6.98. The molecular formula is C27H29N7O4. The van der Waals surface area contributed by atoms with Crippen molar-refractivity contribution in [3.63, 3.8) is 0 Å². The zero-order valence-corrected chi connectivity index (χ0v) is 21.4. The smallest absolute Gasteiger partial charge is 0.333 e. The Morgan fingerprint density at radius 2 is 2.05 bits per heavy atom. The van der Waals surface area contributed by atoms with E-state index in [4.69, 9.17) is 15.5 Å². The Bertz CT molecular complexity index is 1710. The number of pyridine rings is 1. The number of ether oxygens (including phenoxy) is 1. The van der Waals surface area contributed by atoms with E-state index in [2.05, 4.69) is 16.8 Å². The first-order valence-electron chi connectivity index (χ1n) is 12.5. The molecule has 1 saturated heterocycles. The molecule has 0 aliphatic carbocycles. The van der Waals surface area contributed by atoms with E-state index in [-0.39, 0.29) is 36.8 Å². The van der Waals surface area contributed by atoms with E-state index in [0.29, 0.717) is 19.0 Å². The molecule has 4 heterocycles. The summed E-state index contributed by atoms with van der Waals surface area (Å²) in [5.74, 6) is 5.76. The average Bonchev–Trinajstić information content (AvgIpc) is 3.31. The number of aromatic nitrogens is 5. The average molecular weight is 516 g/mol. The minimum Gasteiger partial charge on any atom is -0.468 e. The van der Waals surface area contributed by atoms with Crippen LogP contribution in [0.4, 0.5) is 5.95 Å². The van der Waals surface area contributed by atoms with E-state index in [9.17, 15) is 14.4 Å². The van der Waals surface area contributed by atoms with Gasteiger partial charge in [-0.05, 0) is 37.5 Å². The van der Waals surface area contributed by atoms with Gasteiger partial charge in [-0.2, -0.15) is 4.98 Å². The summed E-state index contributed by atoms with van der Waals surface area (Å²) in [6.07, 6.45) is 3.46. The minimum absolute atomic E-state index is 0.00412. The molecule has 3 aromatic heterocycles. The van der Waals surface area contributed by atoms with Crippen LogP contribution in [0.25, 0.3) is 22.1 Å². The Balaban J connectivity index is 1.74. The molecule has 38 heavy (non-hydrogen) atoms. The van der Waals surface area contributed by atoms with Crippen LogP contribution in [-0.4, -0.2) is 55.9 Å². The number of nitrogens with two attached hydrogens (primary N) is 1. The van der Waals surface area contributed by atoms with Crippen LogP contribution in [0.1, 0.15) is 25.3 Å². The van der Waals surface area contributed by atoms with Gasteiger partial charge >= 0.3 is 11.7 Å². The highest BCUT2D eigenvalue weighted by molar-refractivity contribution is 5.79. The molecule has 1 aromatic carbocycles. The topological polar surface area (TPSA) is 130 Å². The van der Waals surface area contributed by atoms with Crippen LogP contribution in [0, 0.1) is 11.8 Å². The fraction of sp³-hybridized carbons (Fsp3) is 0.370. The number of esters is 1. The lowest BCUT2D eigenvalue weighted by molar-refractivity contribution is -0.141. The molecule has 0 bridgehead atoms. The second-order valence-electron chi connectivity index (χ2n) is 9.31. The molecule has 0 saturated carbocycles.